The normalized spacial score (nSPS) is 10.3. The Balaban J connectivity index is 2.25. The fourth-order valence-electron chi connectivity index (χ4n) is 1.02. The van der Waals surface area contributed by atoms with Gasteiger partial charge < -0.3 is 14.6 Å². The highest BCUT2D eigenvalue weighted by molar-refractivity contribution is 5.19. The molecule has 0 aliphatic heterocycles. The molecule has 0 amide bonds. The molecule has 6 nitrogen and oxygen atoms in total. The van der Waals surface area contributed by atoms with E-state index in [2.05, 4.69) is 15.0 Å². The minimum absolute atomic E-state index is 0.231. The predicted molar refractivity (Wildman–Crippen MR) is 44.7 cm³/mol. The second-order valence-corrected chi connectivity index (χ2v) is 2.60. The van der Waals surface area contributed by atoms with Gasteiger partial charge >= 0.3 is 0 Å². The summed E-state index contributed by atoms with van der Waals surface area (Å²) in [7, 11) is 0. The van der Waals surface area contributed by atoms with Crippen molar-refractivity contribution >= 4 is 0 Å². The van der Waals surface area contributed by atoms with Crippen LogP contribution in [-0.2, 0) is 6.42 Å². The highest BCUT2D eigenvalue weighted by Crippen LogP contribution is 2.13. The standard InChI is InChI=1S/C8H7N3O3/c12-6-4-7(13)11-5(10-6)3-8-9-1-2-14-8/h1-2,4H,3H2,(H2,10,11,12,13). The van der Waals surface area contributed by atoms with Crippen LogP contribution in [0.5, 0.6) is 11.8 Å². The van der Waals surface area contributed by atoms with Crippen molar-refractivity contribution in [2.75, 3.05) is 0 Å². The molecule has 0 bridgehead atoms. The lowest BCUT2D eigenvalue weighted by atomic mass is 10.4. The summed E-state index contributed by atoms with van der Waals surface area (Å²) in [5.74, 6) is 0.123. The molecule has 0 aromatic carbocycles. The number of hydrogen-bond donors (Lipinski definition) is 2. The first-order chi connectivity index (χ1) is 6.74. The Bertz CT molecular complexity index is 407. The molecule has 0 fully saturated rings. The van der Waals surface area contributed by atoms with Crippen molar-refractivity contribution in [1.82, 2.24) is 15.0 Å². The quantitative estimate of drug-likeness (QED) is 0.720. The molecule has 2 aromatic heterocycles. The van der Waals surface area contributed by atoms with Gasteiger partial charge in [0.1, 0.15) is 12.1 Å². The molecule has 0 aliphatic rings. The van der Waals surface area contributed by atoms with Crippen LogP contribution in [-0.4, -0.2) is 25.2 Å². The van der Waals surface area contributed by atoms with E-state index < -0.39 is 0 Å². The number of oxazole rings is 1. The first kappa shape index (κ1) is 8.49. The summed E-state index contributed by atoms with van der Waals surface area (Å²) < 4.78 is 4.96. The van der Waals surface area contributed by atoms with Crippen molar-refractivity contribution in [2.45, 2.75) is 6.42 Å². The summed E-state index contributed by atoms with van der Waals surface area (Å²) in [6, 6.07) is 1.05. The average molecular weight is 193 g/mol. The zero-order valence-corrected chi connectivity index (χ0v) is 7.08. The second kappa shape index (κ2) is 3.33. The molecule has 2 rings (SSSR count). The third-order valence-corrected chi connectivity index (χ3v) is 1.54. The smallest absolute Gasteiger partial charge is 0.217 e. The molecule has 6 heteroatoms. The monoisotopic (exact) mass is 193 g/mol. The Labute approximate surface area is 78.9 Å². The zero-order chi connectivity index (χ0) is 9.97. The fraction of sp³-hybridized carbons (Fsp3) is 0.125. The van der Waals surface area contributed by atoms with Gasteiger partial charge in [0.05, 0.1) is 18.7 Å². The molecule has 14 heavy (non-hydrogen) atoms. The van der Waals surface area contributed by atoms with Crippen molar-refractivity contribution in [3.63, 3.8) is 0 Å². The molecule has 0 aliphatic carbocycles. The van der Waals surface area contributed by atoms with Crippen LogP contribution in [0.2, 0.25) is 0 Å². The van der Waals surface area contributed by atoms with Crippen LogP contribution in [0.3, 0.4) is 0 Å². The van der Waals surface area contributed by atoms with E-state index in [1.807, 2.05) is 0 Å². The summed E-state index contributed by atoms with van der Waals surface area (Å²) >= 11 is 0. The van der Waals surface area contributed by atoms with E-state index >= 15 is 0 Å². The lowest BCUT2D eigenvalue weighted by Crippen LogP contribution is -1.96. The van der Waals surface area contributed by atoms with Gasteiger partial charge in [-0.3, -0.25) is 0 Å². The largest absolute Gasteiger partial charge is 0.493 e. The SMILES string of the molecule is Oc1cc(O)nc(Cc2ncco2)n1. The van der Waals surface area contributed by atoms with Gasteiger partial charge in [0.25, 0.3) is 0 Å². The lowest BCUT2D eigenvalue weighted by Gasteiger charge is -1.98. The molecule has 0 atom stereocenters. The number of aromatic nitrogens is 3. The number of rotatable bonds is 2. The second-order valence-electron chi connectivity index (χ2n) is 2.60. The van der Waals surface area contributed by atoms with E-state index in [0.29, 0.717) is 5.89 Å². The third-order valence-electron chi connectivity index (χ3n) is 1.54. The van der Waals surface area contributed by atoms with Crippen molar-refractivity contribution in [3.8, 4) is 11.8 Å². The van der Waals surface area contributed by atoms with Crippen molar-refractivity contribution in [1.29, 1.82) is 0 Å². The topological polar surface area (TPSA) is 92.3 Å². The maximum absolute atomic E-state index is 9.06. The highest BCUT2D eigenvalue weighted by Gasteiger charge is 2.06. The summed E-state index contributed by atoms with van der Waals surface area (Å²) in [5, 5.41) is 18.1. The lowest BCUT2D eigenvalue weighted by molar-refractivity contribution is 0.415. The predicted octanol–water partition coefficient (Wildman–Crippen LogP) is 0.467. The van der Waals surface area contributed by atoms with Gasteiger partial charge in [-0.05, 0) is 0 Å². The Morgan fingerprint density at radius 3 is 2.50 bits per heavy atom. The van der Waals surface area contributed by atoms with E-state index in [9.17, 15) is 0 Å². The molecule has 0 saturated carbocycles. The van der Waals surface area contributed by atoms with E-state index in [-0.39, 0.29) is 24.0 Å². The first-order valence-electron chi connectivity index (χ1n) is 3.88. The van der Waals surface area contributed by atoms with Crippen LogP contribution < -0.4 is 0 Å². The van der Waals surface area contributed by atoms with Crippen LogP contribution in [0.4, 0.5) is 0 Å². The molecule has 0 saturated heterocycles. The van der Waals surface area contributed by atoms with Crippen LogP contribution in [0.15, 0.2) is 22.9 Å². The molecule has 2 heterocycles. The van der Waals surface area contributed by atoms with E-state index in [4.69, 9.17) is 14.6 Å². The molecule has 0 unspecified atom stereocenters. The first-order valence-corrected chi connectivity index (χ1v) is 3.88. The van der Waals surface area contributed by atoms with Crippen molar-refractivity contribution in [2.24, 2.45) is 0 Å². The Morgan fingerprint density at radius 2 is 1.93 bits per heavy atom. The molecule has 2 N–H and O–H groups in total. The minimum atomic E-state index is -0.279. The summed E-state index contributed by atoms with van der Waals surface area (Å²) in [5.41, 5.74) is 0. The fourth-order valence-corrected chi connectivity index (χ4v) is 1.02. The number of hydrogen-bond acceptors (Lipinski definition) is 6. The van der Waals surface area contributed by atoms with Crippen molar-refractivity contribution < 1.29 is 14.6 Å². The molecular weight excluding hydrogens is 186 g/mol. The molecule has 2 aromatic rings. The summed E-state index contributed by atoms with van der Waals surface area (Å²) in [6.45, 7) is 0. The molecule has 0 spiro atoms. The van der Waals surface area contributed by atoms with Gasteiger partial charge in [0, 0.05) is 0 Å². The Morgan fingerprint density at radius 1 is 1.21 bits per heavy atom. The number of nitrogens with zero attached hydrogens (tertiary/aromatic N) is 3. The molecule has 0 radical (unpaired) electrons. The maximum atomic E-state index is 9.06. The van der Waals surface area contributed by atoms with Gasteiger partial charge in [0.15, 0.2) is 0 Å². The van der Waals surface area contributed by atoms with E-state index in [1.54, 1.807) is 0 Å². The summed E-state index contributed by atoms with van der Waals surface area (Å²) in [4.78, 5) is 11.2. The van der Waals surface area contributed by atoms with Crippen LogP contribution >= 0.6 is 0 Å². The van der Waals surface area contributed by atoms with E-state index in [1.165, 1.54) is 12.5 Å². The minimum Gasteiger partial charge on any atom is -0.493 e. The van der Waals surface area contributed by atoms with Gasteiger partial charge in [-0.15, -0.1) is 0 Å². The molecule has 72 valence electrons. The van der Waals surface area contributed by atoms with E-state index in [0.717, 1.165) is 6.07 Å². The highest BCUT2D eigenvalue weighted by atomic mass is 16.3. The third kappa shape index (κ3) is 1.79. The maximum Gasteiger partial charge on any atom is 0.217 e. The van der Waals surface area contributed by atoms with Crippen molar-refractivity contribution in [3.05, 3.63) is 30.2 Å². The van der Waals surface area contributed by atoms with Gasteiger partial charge in [-0.25, -0.2) is 4.98 Å². The van der Waals surface area contributed by atoms with Crippen LogP contribution in [0.25, 0.3) is 0 Å². The number of aromatic hydroxyl groups is 2. The van der Waals surface area contributed by atoms with Crippen LogP contribution in [0, 0.1) is 0 Å². The summed E-state index contributed by atoms with van der Waals surface area (Å²) in [6.07, 6.45) is 3.16. The Kier molecular flexibility index (Phi) is 2.02. The van der Waals surface area contributed by atoms with Gasteiger partial charge in [0.2, 0.25) is 17.7 Å². The zero-order valence-electron chi connectivity index (χ0n) is 7.08. The van der Waals surface area contributed by atoms with Gasteiger partial charge in [-0.1, -0.05) is 0 Å². The average Bonchev–Trinajstić information content (AvgIpc) is 2.54. The van der Waals surface area contributed by atoms with Gasteiger partial charge in [-0.2, -0.15) is 9.97 Å². The molecular formula is C8H7N3O3. The van der Waals surface area contributed by atoms with Crippen LogP contribution in [0.1, 0.15) is 11.7 Å². The Hall–Kier alpha value is -2.11.